The van der Waals surface area contributed by atoms with Crippen LogP contribution in [0.4, 0.5) is 0 Å². The fraction of sp³-hybridized carbons (Fsp3) is 0.538. The van der Waals surface area contributed by atoms with Crippen LogP contribution in [0.3, 0.4) is 0 Å². The third-order valence-corrected chi connectivity index (χ3v) is 3.29. The monoisotopic (exact) mass is 238 g/mol. The Kier molecular flexibility index (Phi) is 4.22. The highest BCUT2D eigenvalue weighted by Gasteiger charge is 2.14. The molecular weight excluding hydrogens is 220 g/mol. The summed E-state index contributed by atoms with van der Waals surface area (Å²) in [6, 6.07) is 8.79. The molecule has 0 aliphatic carbocycles. The van der Waals surface area contributed by atoms with Crippen LogP contribution in [0.15, 0.2) is 24.3 Å². The third kappa shape index (κ3) is 3.48. The van der Waals surface area contributed by atoms with Crippen molar-refractivity contribution in [3.8, 4) is 0 Å². The lowest BCUT2D eigenvalue weighted by molar-refractivity contribution is 0.209. The smallest absolute Gasteiger partial charge is 0.0408 e. The lowest BCUT2D eigenvalue weighted by Gasteiger charge is -2.31. The predicted molar refractivity (Wildman–Crippen MR) is 69.1 cm³/mol. The van der Waals surface area contributed by atoms with Crippen molar-refractivity contribution >= 4 is 11.6 Å². The number of nitrogens with one attached hydrogen (secondary N) is 1. The van der Waals surface area contributed by atoms with E-state index < -0.39 is 0 Å². The van der Waals surface area contributed by atoms with Crippen LogP contribution in [0.2, 0.25) is 5.02 Å². The quantitative estimate of drug-likeness (QED) is 0.869. The van der Waals surface area contributed by atoms with Crippen LogP contribution in [0.25, 0.3) is 0 Å². The van der Waals surface area contributed by atoms with Gasteiger partial charge in [0.1, 0.15) is 0 Å². The second kappa shape index (κ2) is 5.67. The van der Waals surface area contributed by atoms with Crippen molar-refractivity contribution in [2.45, 2.75) is 19.4 Å². The van der Waals surface area contributed by atoms with Crippen LogP contribution in [-0.2, 0) is 6.42 Å². The van der Waals surface area contributed by atoms with Gasteiger partial charge in [-0.2, -0.15) is 0 Å². The van der Waals surface area contributed by atoms with Gasteiger partial charge in [-0.25, -0.2) is 0 Å². The average Bonchev–Trinajstić information content (AvgIpc) is 2.27. The molecule has 2 nitrogen and oxygen atoms in total. The highest BCUT2D eigenvalue weighted by molar-refractivity contribution is 6.30. The van der Waals surface area contributed by atoms with Crippen molar-refractivity contribution < 1.29 is 0 Å². The van der Waals surface area contributed by atoms with E-state index in [0.29, 0.717) is 6.04 Å². The van der Waals surface area contributed by atoms with Crippen molar-refractivity contribution in [3.05, 3.63) is 34.9 Å². The molecule has 1 N–H and O–H groups in total. The first-order valence-electron chi connectivity index (χ1n) is 5.94. The van der Waals surface area contributed by atoms with Crippen molar-refractivity contribution in [2.24, 2.45) is 0 Å². The molecule has 0 aromatic heterocycles. The molecule has 1 aromatic rings. The van der Waals surface area contributed by atoms with Crippen molar-refractivity contribution in [2.75, 3.05) is 26.2 Å². The molecule has 1 saturated heterocycles. The van der Waals surface area contributed by atoms with Crippen molar-refractivity contribution in [3.63, 3.8) is 0 Å². The molecule has 1 unspecified atom stereocenters. The Balaban J connectivity index is 1.82. The van der Waals surface area contributed by atoms with E-state index in [1.54, 1.807) is 0 Å². The van der Waals surface area contributed by atoms with Crippen LogP contribution in [0.5, 0.6) is 0 Å². The van der Waals surface area contributed by atoms with Gasteiger partial charge < -0.3 is 10.2 Å². The Morgan fingerprint density at radius 3 is 3.12 bits per heavy atom. The van der Waals surface area contributed by atoms with E-state index in [4.69, 9.17) is 11.6 Å². The molecule has 1 heterocycles. The van der Waals surface area contributed by atoms with Gasteiger partial charge in [-0.05, 0) is 31.0 Å². The molecule has 3 heteroatoms. The van der Waals surface area contributed by atoms with Crippen LogP contribution in [0.1, 0.15) is 12.5 Å². The van der Waals surface area contributed by atoms with Gasteiger partial charge in [-0.1, -0.05) is 23.7 Å². The van der Waals surface area contributed by atoms with Gasteiger partial charge >= 0.3 is 0 Å². The van der Waals surface area contributed by atoms with Gasteiger partial charge in [-0.3, -0.25) is 0 Å². The summed E-state index contributed by atoms with van der Waals surface area (Å²) >= 11 is 5.97. The molecule has 1 aliphatic rings. The zero-order chi connectivity index (χ0) is 11.4. The Morgan fingerprint density at radius 1 is 1.50 bits per heavy atom. The number of rotatable bonds is 3. The number of hydrogen-bond donors (Lipinski definition) is 1. The fourth-order valence-corrected chi connectivity index (χ4v) is 2.41. The summed E-state index contributed by atoms with van der Waals surface area (Å²) in [5.74, 6) is 0. The second-order valence-electron chi connectivity index (χ2n) is 4.54. The third-order valence-electron chi connectivity index (χ3n) is 3.06. The zero-order valence-corrected chi connectivity index (χ0v) is 10.5. The Morgan fingerprint density at radius 2 is 2.38 bits per heavy atom. The van der Waals surface area contributed by atoms with Gasteiger partial charge in [0.05, 0.1) is 0 Å². The summed E-state index contributed by atoms with van der Waals surface area (Å²) < 4.78 is 0. The lowest BCUT2D eigenvalue weighted by atomic mass is 10.1. The molecule has 0 spiro atoms. The standard InChI is InChI=1S/C13H19ClN2/c1-11-10-16(8-6-15-11)7-5-12-3-2-4-13(14)9-12/h2-4,9,11,15H,5-8,10H2,1H3. The fourth-order valence-electron chi connectivity index (χ4n) is 2.19. The van der Waals surface area contributed by atoms with Crippen molar-refractivity contribution in [1.29, 1.82) is 0 Å². The molecular formula is C13H19ClN2. The molecule has 0 radical (unpaired) electrons. The van der Waals surface area contributed by atoms with Crippen molar-refractivity contribution in [1.82, 2.24) is 10.2 Å². The number of piperazine rings is 1. The minimum Gasteiger partial charge on any atom is -0.312 e. The van der Waals surface area contributed by atoms with E-state index in [0.717, 1.165) is 37.6 Å². The van der Waals surface area contributed by atoms with E-state index in [9.17, 15) is 0 Å². The van der Waals surface area contributed by atoms with E-state index in [1.165, 1.54) is 5.56 Å². The molecule has 1 aliphatic heterocycles. The summed E-state index contributed by atoms with van der Waals surface area (Å²) in [5, 5.41) is 4.30. The normalized spacial score (nSPS) is 22.2. The minimum atomic E-state index is 0.619. The molecule has 16 heavy (non-hydrogen) atoms. The molecule has 2 rings (SSSR count). The molecule has 88 valence electrons. The van der Waals surface area contributed by atoms with Gasteiger partial charge in [0.15, 0.2) is 0 Å². The first-order valence-corrected chi connectivity index (χ1v) is 6.32. The first-order chi connectivity index (χ1) is 7.74. The average molecular weight is 239 g/mol. The summed E-state index contributed by atoms with van der Waals surface area (Å²) in [6.45, 7) is 6.79. The van der Waals surface area contributed by atoms with E-state index >= 15 is 0 Å². The summed E-state index contributed by atoms with van der Waals surface area (Å²) in [6.07, 6.45) is 1.09. The largest absolute Gasteiger partial charge is 0.312 e. The SMILES string of the molecule is CC1CN(CCc2cccc(Cl)c2)CCN1. The molecule has 1 atom stereocenters. The highest BCUT2D eigenvalue weighted by Crippen LogP contribution is 2.11. The Bertz CT molecular complexity index is 340. The van der Waals surface area contributed by atoms with Crippen LogP contribution < -0.4 is 5.32 Å². The molecule has 0 amide bonds. The maximum atomic E-state index is 5.97. The molecule has 1 aromatic carbocycles. The number of hydrogen-bond acceptors (Lipinski definition) is 2. The number of benzene rings is 1. The van der Waals surface area contributed by atoms with Crippen LogP contribution >= 0.6 is 11.6 Å². The second-order valence-corrected chi connectivity index (χ2v) is 4.97. The lowest BCUT2D eigenvalue weighted by Crippen LogP contribution is -2.49. The van der Waals surface area contributed by atoms with Gasteiger partial charge in [0, 0.05) is 37.2 Å². The van der Waals surface area contributed by atoms with Crippen LogP contribution in [0, 0.1) is 0 Å². The van der Waals surface area contributed by atoms with Gasteiger partial charge in [-0.15, -0.1) is 0 Å². The maximum absolute atomic E-state index is 5.97. The highest BCUT2D eigenvalue weighted by atomic mass is 35.5. The number of halogens is 1. The van der Waals surface area contributed by atoms with Crippen LogP contribution in [-0.4, -0.2) is 37.1 Å². The summed E-state index contributed by atoms with van der Waals surface area (Å²) in [4.78, 5) is 2.52. The topological polar surface area (TPSA) is 15.3 Å². The molecule has 1 fully saturated rings. The minimum absolute atomic E-state index is 0.619. The summed E-state index contributed by atoms with van der Waals surface area (Å²) in [7, 11) is 0. The first kappa shape index (κ1) is 11.9. The van der Waals surface area contributed by atoms with Gasteiger partial charge in [0.2, 0.25) is 0 Å². The van der Waals surface area contributed by atoms with E-state index in [2.05, 4.69) is 29.3 Å². The van der Waals surface area contributed by atoms with E-state index in [-0.39, 0.29) is 0 Å². The molecule has 0 saturated carbocycles. The molecule has 0 bridgehead atoms. The summed E-state index contributed by atoms with van der Waals surface area (Å²) in [5.41, 5.74) is 1.33. The maximum Gasteiger partial charge on any atom is 0.0408 e. The van der Waals surface area contributed by atoms with E-state index in [1.807, 2.05) is 12.1 Å². The Hall–Kier alpha value is -0.570. The Labute approximate surface area is 103 Å². The predicted octanol–water partition coefficient (Wildman–Crippen LogP) is 2.18. The van der Waals surface area contributed by atoms with Gasteiger partial charge in [0.25, 0.3) is 0 Å². The zero-order valence-electron chi connectivity index (χ0n) is 9.75. The number of nitrogens with zero attached hydrogens (tertiary/aromatic N) is 1.